The highest BCUT2D eigenvalue weighted by Crippen LogP contribution is 2.27. The highest BCUT2D eigenvalue weighted by molar-refractivity contribution is 6.35. The average Bonchev–Trinajstić information content (AvgIpc) is 2.64. The Balaban J connectivity index is 2.19. The van der Waals surface area contributed by atoms with Crippen molar-refractivity contribution in [3.8, 4) is 11.5 Å². The quantitative estimate of drug-likeness (QED) is 0.529. The summed E-state index contributed by atoms with van der Waals surface area (Å²) in [5.41, 5.74) is 0.576. The first-order chi connectivity index (χ1) is 12.3. The Bertz CT molecular complexity index is 1060. The number of rotatable bonds is 5. The minimum Gasteiger partial charge on any atom is -0.336 e. The van der Waals surface area contributed by atoms with E-state index in [-0.39, 0.29) is 11.5 Å². The molecule has 1 aromatic carbocycles. The van der Waals surface area contributed by atoms with E-state index in [4.69, 9.17) is 23.4 Å². The van der Waals surface area contributed by atoms with Crippen molar-refractivity contribution in [2.24, 2.45) is 0 Å². The zero-order chi connectivity index (χ0) is 19.1. The summed E-state index contributed by atoms with van der Waals surface area (Å²) in [5, 5.41) is 0.414. The maximum absolute atomic E-state index is 12.2. The zero-order valence-corrected chi connectivity index (χ0v) is 16.4. The minimum atomic E-state index is -0.841. The van der Waals surface area contributed by atoms with Gasteiger partial charge < -0.3 is 9.47 Å². The molecule has 1 aromatic rings. The number of benzene rings is 1. The van der Waals surface area contributed by atoms with Crippen molar-refractivity contribution in [1.82, 2.24) is 19.0 Å². The predicted octanol–water partition coefficient (Wildman–Crippen LogP) is 2.27. The number of nitrogens with one attached hydrogen (secondary N) is 1. The van der Waals surface area contributed by atoms with Gasteiger partial charge in [-0.05, 0) is 25.5 Å². The molecular formula is C17H20Cl2N5O2+. The molecule has 2 heterocycles. The number of aromatic nitrogens is 4. The van der Waals surface area contributed by atoms with Crippen LogP contribution < -0.4 is 11.2 Å². The molecular weight excluding hydrogens is 377 g/mol. The molecule has 138 valence electrons. The number of halogens is 2. The Morgan fingerprint density at radius 2 is 1.88 bits per heavy atom. The fourth-order valence-corrected chi connectivity index (χ4v) is 3.20. The fourth-order valence-electron chi connectivity index (χ4n) is 2.89. The summed E-state index contributed by atoms with van der Waals surface area (Å²) < 4.78 is 1.35. The molecule has 0 fully saturated rings. The largest absolute Gasteiger partial charge is 0.367 e. The molecule has 9 heteroatoms. The van der Waals surface area contributed by atoms with Gasteiger partial charge in [-0.2, -0.15) is 9.07 Å². The summed E-state index contributed by atoms with van der Waals surface area (Å²) >= 11 is 11.9. The van der Waals surface area contributed by atoms with Crippen LogP contribution >= 0.6 is 23.4 Å². The molecule has 3 rings (SSSR count). The van der Waals surface area contributed by atoms with Crippen LogP contribution in [0.2, 0.25) is 5.02 Å². The molecule has 0 bridgehead atoms. The van der Waals surface area contributed by atoms with Crippen LogP contribution in [-0.2, 0) is 6.42 Å². The lowest BCUT2D eigenvalue weighted by molar-refractivity contribution is -0.905. The van der Waals surface area contributed by atoms with Crippen LogP contribution in [0.5, 0.6) is 0 Å². The summed E-state index contributed by atoms with van der Waals surface area (Å²) in [6.45, 7) is 7.34. The lowest BCUT2D eigenvalue weighted by atomic mass is 10.1. The van der Waals surface area contributed by atoms with Gasteiger partial charge >= 0.3 is 5.69 Å². The van der Waals surface area contributed by atoms with Crippen LogP contribution in [0.4, 0.5) is 0 Å². The number of fused-ring (bicyclic) bond motifs is 2. The second kappa shape index (κ2) is 6.98. The lowest BCUT2D eigenvalue weighted by Crippen LogP contribution is -2.45. The van der Waals surface area contributed by atoms with E-state index in [1.165, 1.54) is 0 Å². The molecule has 0 saturated carbocycles. The van der Waals surface area contributed by atoms with E-state index < -0.39 is 11.2 Å². The molecule has 0 unspecified atom stereocenters. The number of hydrogen-bond acceptors (Lipinski definition) is 4. The van der Waals surface area contributed by atoms with Gasteiger partial charge in [0.05, 0.1) is 37.2 Å². The first kappa shape index (κ1) is 18.8. The van der Waals surface area contributed by atoms with Gasteiger partial charge in [-0.3, -0.25) is 4.79 Å². The van der Waals surface area contributed by atoms with Gasteiger partial charge in [0, 0.05) is 18.2 Å². The van der Waals surface area contributed by atoms with E-state index in [2.05, 4.69) is 35.8 Å². The third kappa shape index (κ3) is 3.22. The maximum atomic E-state index is 12.2. The summed E-state index contributed by atoms with van der Waals surface area (Å²) in [7, 11) is 2.21. The van der Waals surface area contributed by atoms with Crippen LogP contribution in [0.15, 0.2) is 21.7 Å². The van der Waals surface area contributed by atoms with E-state index in [0.717, 1.165) is 36.1 Å². The van der Waals surface area contributed by atoms with Crippen molar-refractivity contribution < 1.29 is 4.48 Å². The molecule has 0 aromatic heterocycles. The number of likely N-dealkylation sites (N-methyl/N-ethyl adjacent to an activating group) is 1. The SMILES string of the molecule is CC[N+](C)(CC)CCc1ccc(Cl)c2nc3c(=O)n(Cl)c(=O)nc-3[nH]c12. The van der Waals surface area contributed by atoms with Crippen molar-refractivity contribution in [2.45, 2.75) is 20.3 Å². The Hall–Kier alpha value is -1.96. The summed E-state index contributed by atoms with van der Waals surface area (Å²) in [6, 6.07) is 3.70. The highest BCUT2D eigenvalue weighted by atomic mass is 35.5. The second-order valence-electron chi connectivity index (χ2n) is 6.57. The molecule has 0 amide bonds. The summed E-state index contributed by atoms with van der Waals surface area (Å²) in [5.74, 6) is 0.108. The average molecular weight is 397 g/mol. The van der Waals surface area contributed by atoms with Crippen molar-refractivity contribution >= 4 is 34.4 Å². The van der Waals surface area contributed by atoms with Crippen molar-refractivity contribution in [3.63, 3.8) is 0 Å². The van der Waals surface area contributed by atoms with Crippen LogP contribution in [-0.4, -0.2) is 50.2 Å². The monoisotopic (exact) mass is 396 g/mol. The Kier molecular flexibility index (Phi) is 5.05. The van der Waals surface area contributed by atoms with E-state index in [9.17, 15) is 9.59 Å². The van der Waals surface area contributed by atoms with Gasteiger partial charge in [0.1, 0.15) is 5.52 Å². The molecule has 26 heavy (non-hydrogen) atoms. The van der Waals surface area contributed by atoms with Gasteiger partial charge in [-0.15, -0.1) is 0 Å². The molecule has 2 aliphatic rings. The van der Waals surface area contributed by atoms with Gasteiger partial charge in [0.25, 0.3) is 5.56 Å². The topological polar surface area (TPSA) is 80.6 Å². The fraction of sp³-hybridized carbons (Fsp3) is 0.412. The predicted molar refractivity (Wildman–Crippen MR) is 103 cm³/mol. The molecule has 0 aliphatic carbocycles. The number of H-pyrrole nitrogens is 1. The van der Waals surface area contributed by atoms with Crippen LogP contribution in [0.1, 0.15) is 19.4 Å². The highest BCUT2D eigenvalue weighted by Gasteiger charge is 2.21. The zero-order valence-electron chi connectivity index (χ0n) is 14.8. The minimum absolute atomic E-state index is 0.0196. The van der Waals surface area contributed by atoms with Gasteiger partial charge in [0.15, 0.2) is 11.5 Å². The molecule has 1 N–H and O–H groups in total. The van der Waals surface area contributed by atoms with Gasteiger partial charge in [0.2, 0.25) is 0 Å². The van der Waals surface area contributed by atoms with E-state index >= 15 is 0 Å². The Morgan fingerprint density at radius 1 is 1.19 bits per heavy atom. The van der Waals surface area contributed by atoms with Crippen molar-refractivity contribution in [2.75, 3.05) is 26.7 Å². The Labute approximate surface area is 160 Å². The first-order valence-corrected chi connectivity index (χ1v) is 9.15. The third-order valence-electron chi connectivity index (χ3n) is 5.11. The van der Waals surface area contributed by atoms with Crippen LogP contribution in [0, 0.1) is 0 Å². The smallest absolute Gasteiger partial charge is 0.336 e. The standard InChI is InChI=1S/C17H19Cl2N5O2/c1-4-24(3,5-2)9-8-10-6-7-11(18)13-12(10)21-15-14(20-13)16(25)23(19)17(26)22-15/h6-7H,4-5,8-9H2,1-3H3/p+1. The van der Waals surface area contributed by atoms with Crippen molar-refractivity contribution in [3.05, 3.63) is 43.6 Å². The van der Waals surface area contributed by atoms with E-state index in [0.29, 0.717) is 20.1 Å². The molecule has 0 atom stereocenters. The molecule has 2 aliphatic heterocycles. The number of hydrogen-bond donors (Lipinski definition) is 1. The van der Waals surface area contributed by atoms with E-state index in [1.807, 2.05) is 6.07 Å². The first-order valence-electron chi connectivity index (χ1n) is 8.43. The van der Waals surface area contributed by atoms with Crippen LogP contribution in [0.3, 0.4) is 0 Å². The molecule has 0 saturated heterocycles. The summed E-state index contributed by atoms with van der Waals surface area (Å²) in [6.07, 6.45) is 0.798. The number of quaternary nitrogens is 1. The molecule has 0 spiro atoms. The molecule has 0 radical (unpaired) electrons. The van der Waals surface area contributed by atoms with Gasteiger partial charge in [-0.25, -0.2) is 9.78 Å². The second-order valence-corrected chi connectivity index (χ2v) is 7.32. The molecule has 7 nitrogen and oxygen atoms in total. The lowest BCUT2D eigenvalue weighted by Gasteiger charge is -2.32. The summed E-state index contributed by atoms with van der Waals surface area (Å²) in [4.78, 5) is 35.1. The number of aromatic amines is 1. The third-order valence-corrected chi connectivity index (χ3v) is 5.71. The van der Waals surface area contributed by atoms with Gasteiger partial charge in [-0.1, -0.05) is 17.7 Å². The van der Waals surface area contributed by atoms with Crippen molar-refractivity contribution in [1.29, 1.82) is 0 Å². The van der Waals surface area contributed by atoms with Crippen LogP contribution in [0.25, 0.3) is 22.6 Å². The Morgan fingerprint density at radius 3 is 2.54 bits per heavy atom. The normalized spacial score (nSPS) is 12.2. The van der Waals surface area contributed by atoms with E-state index in [1.54, 1.807) is 6.07 Å². The maximum Gasteiger partial charge on any atom is 0.367 e. The number of nitrogens with zero attached hydrogens (tertiary/aromatic N) is 4.